The summed E-state index contributed by atoms with van der Waals surface area (Å²) in [5.41, 5.74) is 11.1. The third-order valence-corrected chi connectivity index (χ3v) is 2.34. The van der Waals surface area contributed by atoms with Crippen LogP contribution in [0.25, 0.3) is 0 Å². The molecule has 0 aliphatic rings. The Labute approximate surface area is 117 Å². The van der Waals surface area contributed by atoms with Crippen LogP contribution in [0, 0.1) is 5.92 Å². The van der Waals surface area contributed by atoms with Crippen molar-refractivity contribution in [1.82, 2.24) is 9.97 Å². The normalized spacial score (nSPS) is 13.2. The van der Waals surface area contributed by atoms with Crippen molar-refractivity contribution in [3.63, 3.8) is 0 Å². The van der Waals surface area contributed by atoms with Crippen LogP contribution in [0.15, 0.2) is 12.5 Å². The van der Waals surface area contributed by atoms with Crippen molar-refractivity contribution in [1.29, 1.82) is 0 Å². The molecule has 0 aliphatic heterocycles. The SMILES string of the molecule is CC(C)CC(N)C(=O)O.NC(Cc1c[nH]cn1)C(=O)O. The molecule has 8 heteroatoms. The number of H-pyrrole nitrogens is 1. The molecule has 1 aromatic rings. The summed E-state index contributed by atoms with van der Waals surface area (Å²) in [6.07, 6.45) is 3.93. The Morgan fingerprint density at radius 2 is 1.80 bits per heavy atom. The number of rotatable bonds is 6. The molecule has 0 saturated heterocycles. The van der Waals surface area contributed by atoms with Gasteiger partial charge in [0.2, 0.25) is 0 Å². The van der Waals surface area contributed by atoms with Gasteiger partial charge in [0.1, 0.15) is 12.1 Å². The van der Waals surface area contributed by atoms with Gasteiger partial charge in [-0.15, -0.1) is 0 Å². The summed E-state index contributed by atoms with van der Waals surface area (Å²) in [6.45, 7) is 3.89. The van der Waals surface area contributed by atoms with Crippen LogP contribution in [0.5, 0.6) is 0 Å². The molecule has 1 aromatic heterocycles. The van der Waals surface area contributed by atoms with Gasteiger partial charge < -0.3 is 26.7 Å². The highest BCUT2D eigenvalue weighted by atomic mass is 16.4. The summed E-state index contributed by atoms with van der Waals surface area (Å²) < 4.78 is 0. The fraction of sp³-hybridized carbons (Fsp3) is 0.583. The molecule has 0 spiro atoms. The van der Waals surface area contributed by atoms with Crippen molar-refractivity contribution in [3.05, 3.63) is 18.2 Å². The number of nitrogens with zero attached hydrogens (tertiary/aromatic N) is 1. The molecule has 20 heavy (non-hydrogen) atoms. The molecule has 0 amide bonds. The minimum absolute atomic E-state index is 0.263. The first kappa shape index (κ1) is 18.1. The van der Waals surface area contributed by atoms with Gasteiger partial charge in [-0.1, -0.05) is 13.8 Å². The zero-order valence-corrected chi connectivity index (χ0v) is 11.6. The van der Waals surface area contributed by atoms with E-state index in [0.717, 1.165) is 0 Å². The topological polar surface area (TPSA) is 155 Å². The first-order valence-electron chi connectivity index (χ1n) is 6.18. The number of carboxylic acids is 2. The van der Waals surface area contributed by atoms with Crippen LogP contribution in [0.1, 0.15) is 26.0 Å². The van der Waals surface area contributed by atoms with Gasteiger partial charge in [-0.05, 0) is 12.3 Å². The van der Waals surface area contributed by atoms with Crippen LogP contribution >= 0.6 is 0 Å². The number of carboxylic acid groups (broad SMARTS) is 2. The van der Waals surface area contributed by atoms with E-state index < -0.39 is 24.0 Å². The van der Waals surface area contributed by atoms with Crippen LogP contribution in [0.2, 0.25) is 0 Å². The number of carbonyl (C=O) groups is 2. The van der Waals surface area contributed by atoms with Crippen molar-refractivity contribution in [3.8, 4) is 0 Å². The second-order valence-corrected chi connectivity index (χ2v) is 4.78. The minimum Gasteiger partial charge on any atom is -0.480 e. The Hall–Kier alpha value is -1.93. The maximum Gasteiger partial charge on any atom is 0.320 e. The standard InChI is InChI=1S/C6H9N3O2.C6H13NO2/c7-5(6(10)11)1-4-2-8-3-9-4;1-4(2)3-5(7)6(8)9/h2-3,5H,1,7H2,(H,8,9)(H,10,11);4-5H,3,7H2,1-2H3,(H,8,9). The minimum atomic E-state index is -1.01. The van der Waals surface area contributed by atoms with Gasteiger partial charge in [-0.3, -0.25) is 9.59 Å². The third kappa shape index (κ3) is 8.22. The molecule has 2 atom stereocenters. The number of aliphatic carboxylic acids is 2. The lowest BCUT2D eigenvalue weighted by molar-refractivity contribution is -0.139. The van der Waals surface area contributed by atoms with Gasteiger partial charge in [0.15, 0.2) is 0 Å². The van der Waals surface area contributed by atoms with Gasteiger partial charge in [0.25, 0.3) is 0 Å². The zero-order valence-electron chi connectivity index (χ0n) is 11.6. The number of imidazole rings is 1. The van der Waals surface area contributed by atoms with E-state index in [0.29, 0.717) is 18.0 Å². The number of aromatic amines is 1. The smallest absolute Gasteiger partial charge is 0.320 e. The highest BCUT2D eigenvalue weighted by Crippen LogP contribution is 2.01. The van der Waals surface area contributed by atoms with Crippen molar-refractivity contribution >= 4 is 11.9 Å². The molecule has 1 heterocycles. The quantitative estimate of drug-likeness (QED) is 0.485. The van der Waals surface area contributed by atoms with Crippen LogP contribution in [-0.2, 0) is 16.0 Å². The first-order chi connectivity index (χ1) is 9.23. The van der Waals surface area contributed by atoms with Crippen molar-refractivity contribution < 1.29 is 19.8 Å². The fourth-order valence-corrected chi connectivity index (χ4v) is 1.32. The monoisotopic (exact) mass is 286 g/mol. The average molecular weight is 286 g/mol. The highest BCUT2D eigenvalue weighted by Gasteiger charge is 2.12. The Morgan fingerprint density at radius 3 is 2.10 bits per heavy atom. The second-order valence-electron chi connectivity index (χ2n) is 4.78. The Bertz CT molecular complexity index is 406. The average Bonchev–Trinajstić information content (AvgIpc) is 2.81. The highest BCUT2D eigenvalue weighted by molar-refractivity contribution is 5.73. The molecule has 2 unspecified atom stereocenters. The van der Waals surface area contributed by atoms with E-state index in [1.807, 2.05) is 13.8 Å². The summed E-state index contributed by atoms with van der Waals surface area (Å²) in [7, 11) is 0. The number of nitrogens with one attached hydrogen (secondary N) is 1. The fourth-order valence-electron chi connectivity index (χ4n) is 1.32. The molecule has 1 rings (SSSR count). The van der Waals surface area contributed by atoms with E-state index in [-0.39, 0.29) is 6.42 Å². The molecule has 0 saturated carbocycles. The Morgan fingerprint density at radius 1 is 1.25 bits per heavy atom. The van der Waals surface area contributed by atoms with Crippen LogP contribution < -0.4 is 11.5 Å². The molecule has 0 bridgehead atoms. The van der Waals surface area contributed by atoms with Gasteiger partial charge in [0.05, 0.1) is 12.0 Å². The predicted molar refractivity (Wildman–Crippen MR) is 73.0 cm³/mol. The Kier molecular flexibility index (Phi) is 8.18. The molecule has 8 nitrogen and oxygen atoms in total. The Balaban J connectivity index is 0.000000370. The lowest BCUT2D eigenvalue weighted by Gasteiger charge is -2.07. The molecular weight excluding hydrogens is 264 g/mol. The zero-order chi connectivity index (χ0) is 15.7. The lowest BCUT2D eigenvalue weighted by atomic mass is 10.1. The molecular formula is C12H22N4O4. The number of aromatic nitrogens is 2. The lowest BCUT2D eigenvalue weighted by Crippen LogP contribution is -2.32. The largest absolute Gasteiger partial charge is 0.480 e. The molecule has 0 radical (unpaired) electrons. The summed E-state index contributed by atoms with van der Waals surface area (Å²) in [5.74, 6) is -1.56. The summed E-state index contributed by atoms with van der Waals surface area (Å²) in [5, 5.41) is 16.7. The third-order valence-electron chi connectivity index (χ3n) is 2.34. The number of hydrogen-bond donors (Lipinski definition) is 5. The molecule has 0 aromatic carbocycles. The van der Waals surface area contributed by atoms with Gasteiger partial charge in [-0.25, -0.2) is 4.98 Å². The molecule has 7 N–H and O–H groups in total. The predicted octanol–water partition coefficient (Wildman–Crippen LogP) is -0.191. The van der Waals surface area contributed by atoms with Gasteiger partial charge >= 0.3 is 11.9 Å². The van der Waals surface area contributed by atoms with E-state index in [2.05, 4.69) is 9.97 Å². The molecule has 114 valence electrons. The maximum absolute atomic E-state index is 10.3. The van der Waals surface area contributed by atoms with Crippen molar-refractivity contribution in [2.45, 2.75) is 38.8 Å². The van der Waals surface area contributed by atoms with E-state index in [9.17, 15) is 9.59 Å². The van der Waals surface area contributed by atoms with E-state index >= 15 is 0 Å². The van der Waals surface area contributed by atoms with Gasteiger partial charge in [0, 0.05) is 12.6 Å². The van der Waals surface area contributed by atoms with Crippen LogP contribution in [0.3, 0.4) is 0 Å². The maximum atomic E-state index is 10.3. The number of nitrogens with two attached hydrogens (primary N) is 2. The van der Waals surface area contributed by atoms with E-state index in [1.54, 1.807) is 6.20 Å². The van der Waals surface area contributed by atoms with E-state index in [1.165, 1.54) is 6.33 Å². The number of hydrogen-bond acceptors (Lipinski definition) is 5. The van der Waals surface area contributed by atoms with Crippen LogP contribution in [0.4, 0.5) is 0 Å². The first-order valence-corrected chi connectivity index (χ1v) is 6.18. The van der Waals surface area contributed by atoms with E-state index in [4.69, 9.17) is 21.7 Å². The molecule has 0 fully saturated rings. The summed E-state index contributed by atoms with van der Waals surface area (Å²) in [6, 6.07) is -1.55. The molecule has 0 aliphatic carbocycles. The van der Waals surface area contributed by atoms with Crippen molar-refractivity contribution in [2.24, 2.45) is 17.4 Å². The second kappa shape index (κ2) is 9.05. The summed E-state index contributed by atoms with van der Waals surface area (Å²) >= 11 is 0. The van der Waals surface area contributed by atoms with Gasteiger partial charge in [-0.2, -0.15) is 0 Å². The van der Waals surface area contributed by atoms with Crippen LogP contribution in [-0.4, -0.2) is 44.2 Å². The summed E-state index contributed by atoms with van der Waals surface area (Å²) in [4.78, 5) is 26.9. The van der Waals surface area contributed by atoms with Crippen molar-refractivity contribution in [2.75, 3.05) is 0 Å².